The number of benzene rings is 2. The van der Waals surface area contributed by atoms with Gasteiger partial charge in [-0.25, -0.2) is 9.37 Å². The van der Waals surface area contributed by atoms with Gasteiger partial charge in [-0.1, -0.05) is 73.1 Å². The number of hydrogen-bond donors (Lipinski definition) is 1. The van der Waals surface area contributed by atoms with Crippen LogP contribution >= 0.6 is 11.6 Å². The lowest BCUT2D eigenvalue weighted by Crippen LogP contribution is -2.35. The van der Waals surface area contributed by atoms with Crippen molar-refractivity contribution in [2.75, 3.05) is 33.2 Å². The predicted molar refractivity (Wildman–Crippen MR) is 151 cm³/mol. The molecule has 0 amide bonds. The van der Waals surface area contributed by atoms with Crippen molar-refractivity contribution < 1.29 is 4.39 Å². The molecule has 0 saturated heterocycles. The normalized spacial score (nSPS) is 13.8. The van der Waals surface area contributed by atoms with Crippen LogP contribution in [0.1, 0.15) is 43.0 Å². The van der Waals surface area contributed by atoms with Gasteiger partial charge in [0, 0.05) is 31.7 Å². The minimum Gasteiger partial charge on any atom is -0.318 e. The van der Waals surface area contributed by atoms with E-state index in [-0.39, 0.29) is 11.7 Å². The van der Waals surface area contributed by atoms with Crippen LogP contribution in [0.25, 0.3) is 11.3 Å². The fourth-order valence-electron chi connectivity index (χ4n) is 4.60. The summed E-state index contributed by atoms with van der Waals surface area (Å²) in [5, 5.41) is 3.69. The van der Waals surface area contributed by atoms with Gasteiger partial charge in [-0.3, -0.25) is 0 Å². The van der Waals surface area contributed by atoms with E-state index in [1.807, 2.05) is 43.5 Å². The smallest absolute Gasteiger partial charge is 0.132 e. The lowest BCUT2D eigenvalue weighted by atomic mass is 9.75. The molecule has 5 heteroatoms. The van der Waals surface area contributed by atoms with Crippen molar-refractivity contribution in [2.24, 2.45) is 0 Å². The maximum atomic E-state index is 14.8. The Hall–Kier alpha value is -2.79. The van der Waals surface area contributed by atoms with E-state index in [0.717, 1.165) is 49.4 Å². The number of halogens is 2. The molecule has 1 heterocycles. The third kappa shape index (κ3) is 6.31. The lowest BCUT2D eigenvalue weighted by Gasteiger charge is -2.33. The number of nitrogens with zero attached hydrogens (tertiary/aromatic N) is 2. The van der Waals surface area contributed by atoms with Gasteiger partial charge in [0.1, 0.15) is 5.82 Å². The van der Waals surface area contributed by atoms with Gasteiger partial charge in [0.25, 0.3) is 0 Å². The summed E-state index contributed by atoms with van der Waals surface area (Å²) in [6.45, 7) is 16.0. The highest BCUT2D eigenvalue weighted by Gasteiger charge is 2.33. The highest BCUT2D eigenvalue weighted by molar-refractivity contribution is 6.33. The predicted octanol–water partition coefficient (Wildman–Crippen LogP) is 7.23. The molecule has 0 bridgehead atoms. The van der Waals surface area contributed by atoms with Crippen molar-refractivity contribution in [3.63, 3.8) is 0 Å². The van der Waals surface area contributed by atoms with Crippen LogP contribution in [0.2, 0.25) is 5.02 Å². The minimum absolute atomic E-state index is 0.129. The third-order valence-electron chi connectivity index (χ3n) is 6.80. The van der Waals surface area contributed by atoms with E-state index in [0.29, 0.717) is 16.3 Å². The summed E-state index contributed by atoms with van der Waals surface area (Å²) in [7, 11) is 1.97. The molecule has 0 aliphatic carbocycles. The highest BCUT2D eigenvalue weighted by Crippen LogP contribution is 2.41. The largest absolute Gasteiger partial charge is 0.318 e. The number of allylic oxidation sites excluding steroid dienone is 1. The van der Waals surface area contributed by atoms with Gasteiger partial charge < -0.3 is 10.2 Å². The van der Waals surface area contributed by atoms with Crippen LogP contribution in [0.3, 0.4) is 0 Å². The fourth-order valence-corrected chi connectivity index (χ4v) is 4.86. The molecule has 3 rings (SSSR count). The Morgan fingerprint density at radius 1 is 1.11 bits per heavy atom. The van der Waals surface area contributed by atoms with Crippen LogP contribution in [-0.2, 0) is 5.41 Å². The Morgan fingerprint density at radius 2 is 1.81 bits per heavy atom. The van der Waals surface area contributed by atoms with Crippen LogP contribution in [0.5, 0.6) is 0 Å². The first-order valence-corrected chi connectivity index (χ1v) is 12.9. The summed E-state index contributed by atoms with van der Waals surface area (Å²) in [5.74, 6) is -0.217. The Morgan fingerprint density at radius 3 is 2.44 bits per heavy atom. The second kappa shape index (κ2) is 13.0. The minimum atomic E-state index is -0.591. The zero-order valence-electron chi connectivity index (χ0n) is 21.6. The quantitative estimate of drug-likeness (QED) is 0.248. The monoisotopic (exact) mass is 505 g/mol. The Bertz CT molecular complexity index is 1160. The van der Waals surface area contributed by atoms with Gasteiger partial charge in [-0.05, 0) is 55.6 Å². The molecule has 0 fully saturated rings. The standard InChI is InChI=1S/C31H37ClFN3/c1-6-8-19-36(20-18-34-5)22-23(3)26-21-27(32)29(25-16-12-13-17-28(25)33)35-30(26)31(4,7-2)24-14-10-9-11-15-24/h6-7,9-17,21,23,34H,1-2,8,18-20,22H2,3-5H3. The summed E-state index contributed by atoms with van der Waals surface area (Å²) in [6.07, 6.45) is 4.80. The maximum absolute atomic E-state index is 14.8. The molecule has 2 unspecified atom stereocenters. The van der Waals surface area contributed by atoms with E-state index in [9.17, 15) is 4.39 Å². The van der Waals surface area contributed by atoms with Crippen molar-refractivity contribution in [1.82, 2.24) is 15.2 Å². The van der Waals surface area contributed by atoms with Crippen molar-refractivity contribution in [3.8, 4) is 11.3 Å². The summed E-state index contributed by atoms with van der Waals surface area (Å²) < 4.78 is 14.8. The SMILES string of the molecule is C=CCCN(CCNC)CC(C)c1cc(Cl)c(-c2ccccc2F)nc1C(C)(C=C)c1ccccc1. The first-order valence-electron chi connectivity index (χ1n) is 12.5. The number of hydrogen-bond acceptors (Lipinski definition) is 3. The molecule has 2 atom stereocenters. The summed E-state index contributed by atoms with van der Waals surface area (Å²) in [6, 6.07) is 18.8. The van der Waals surface area contributed by atoms with Gasteiger partial charge in [0.15, 0.2) is 0 Å². The molecular weight excluding hydrogens is 469 g/mol. The molecule has 190 valence electrons. The van der Waals surface area contributed by atoms with Gasteiger partial charge in [-0.15, -0.1) is 13.2 Å². The molecule has 0 aliphatic rings. The van der Waals surface area contributed by atoms with Crippen LogP contribution in [0.15, 0.2) is 86.0 Å². The van der Waals surface area contributed by atoms with E-state index >= 15 is 0 Å². The molecule has 3 aromatic rings. The molecule has 0 saturated carbocycles. The van der Waals surface area contributed by atoms with E-state index in [1.54, 1.807) is 18.2 Å². The number of likely N-dealkylation sites (N-methyl/N-ethyl adjacent to an activating group) is 1. The fraction of sp³-hybridized carbons (Fsp3) is 0.323. The molecule has 0 spiro atoms. The van der Waals surface area contributed by atoms with E-state index in [4.69, 9.17) is 16.6 Å². The molecule has 2 aromatic carbocycles. The van der Waals surface area contributed by atoms with Gasteiger partial charge in [-0.2, -0.15) is 0 Å². The topological polar surface area (TPSA) is 28.2 Å². The van der Waals surface area contributed by atoms with E-state index < -0.39 is 5.41 Å². The van der Waals surface area contributed by atoms with Crippen molar-refractivity contribution in [3.05, 3.63) is 114 Å². The molecule has 1 N–H and O–H groups in total. The number of aromatic nitrogens is 1. The average molecular weight is 506 g/mol. The molecule has 0 radical (unpaired) electrons. The van der Waals surface area contributed by atoms with Gasteiger partial charge in [0.2, 0.25) is 0 Å². The van der Waals surface area contributed by atoms with Gasteiger partial charge in [0.05, 0.1) is 21.8 Å². The van der Waals surface area contributed by atoms with Crippen LogP contribution in [0, 0.1) is 5.82 Å². The summed E-state index contributed by atoms with van der Waals surface area (Å²) >= 11 is 6.80. The Labute approximate surface area is 220 Å². The Kier molecular flexibility index (Phi) is 10.0. The van der Waals surface area contributed by atoms with Crippen LogP contribution < -0.4 is 5.32 Å². The first kappa shape index (κ1) is 27.8. The maximum Gasteiger partial charge on any atom is 0.132 e. The molecule has 1 aromatic heterocycles. The third-order valence-corrected chi connectivity index (χ3v) is 7.09. The zero-order valence-corrected chi connectivity index (χ0v) is 22.4. The zero-order chi connectivity index (χ0) is 26.1. The summed E-state index contributed by atoms with van der Waals surface area (Å²) in [4.78, 5) is 7.51. The van der Waals surface area contributed by atoms with E-state index in [2.05, 4.69) is 49.4 Å². The van der Waals surface area contributed by atoms with Crippen LogP contribution in [-0.4, -0.2) is 43.1 Å². The molecule has 0 aliphatic heterocycles. The summed E-state index contributed by atoms with van der Waals surface area (Å²) in [5.41, 5.74) is 3.20. The van der Waals surface area contributed by atoms with Gasteiger partial charge >= 0.3 is 0 Å². The highest BCUT2D eigenvalue weighted by atomic mass is 35.5. The van der Waals surface area contributed by atoms with E-state index in [1.165, 1.54) is 6.07 Å². The Balaban J connectivity index is 2.17. The van der Waals surface area contributed by atoms with Crippen molar-refractivity contribution in [2.45, 2.75) is 31.6 Å². The molecular formula is C31H37ClFN3. The first-order chi connectivity index (χ1) is 17.3. The van der Waals surface area contributed by atoms with Crippen molar-refractivity contribution in [1.29, 1.82) is 0 Å². The number of rotatable bonds is 13. The van der Waals surface area contributed by atoms with Crippen molar-refractivity contribution >= 4 is 11.6 Å². The number of pyridine rings is 1. The number of nitrogens with one attached hydrogen (secondary N) is 1. The van der Waals surface area contributed by atoms with Crippen LogP contribution in [0.4, 0.5) is 4.39 Å². The molecule has 36 heavy (non-hydrogen) atoms. The lowest BCUT2D eigenvalue weighted by molar-refractivity contribution is 0.266. The average Bonchev–Trinajstić information content (AvgIpc) is 2.90. The second-order valence-electron chi connectivity index (χ2n) is 9.39. The second-order valence-corrected chi connectivity index (χ2v) is 9.80. The molecule has 3 nitrogen and oxygen atoms in total.